The number of carbonyl (C=O) groups is 1. The van der Waals surface area contributed by atoms with Gasteiger partial charge in [-0.25, -0.2) is 4.79 Å². The van der Waals surface area contributed by atoms with E-state index in [0.717, 1.165) is 0 Å². The third kappa shape index (κ3) is 2.88. The summed E-state index contributed by atoms with van der Waals surface area (Å²) < 4.78 is 21.3. The summed E-state index contributed by atoms with van der Waals surface area (Å²) in [6.07, 6.45) is 0. The van der Waals surface area contributed by atoms with Crippen molar-refractivity contribution in [3.63, 3.8) is 0 Å². The summed E-state index contributed by atoms with van der Waals surface area (Å²) in [5.74, 6) is 0.292. The lowest BCUT2D eigenvalue weighted by atomic mass is 9.96. The molecule has 0 bridgehead atoms. The normalized spacial score (nSPS) is 10.1. The second-order valence-corrected chi connectivity index (χ2v) is 4.57. The number of benzene rings is 2. The molecule has 0 radical (unpaired) electrons. The van der Waals surface area contributed by atoms with Gasteiger partial charge in [0, 0.05) is 11.1 Å². The second-order valence-electron chi connectivity index (χ2n) is 4.57. The van der Waals surface area contributed by atoms with Crippen molar-refractivity contribution >= 4 is 5.97 Å². The van der Waals surface area contributed by atoms with Crippen LogP contribution >= 0.6 is 0 Å². The molecular formula is C17H18O6. The first-order valence-corrected chi connectivity index (χ1v) is 6.78. The Kier molecular flexibility index (Phi) is 4.95. The van der Waals surface area contributed by atoms with Crippen molar-refractivity contribution in [2.45, 2.75) is 0 Å². The van der Waals surface area contributed by atoms with E-state index in [2.05, 4.69) is 0 Å². The zero-order chi connectivity index (χ0) is 17.0. The molecule has 6 nitrogen and oxygen atoms in total. The van der Waals surface area contributed by atoms with Crippen molar-refractivity contribution in [3.05, 3.63) is 35.9 Å². The highest BCUT2D eigenvalue weighted by Crippen LogP contribution is 2.48. The van der Waals surface area contributed by atoms with E-state index in [9.17, 15) is 9.90 Å². The molecule has 2 aromatic rings. The molecule has 0 spiro atoms. The van der Waals surface area contributed by atoms with Gasteiger partial charge < -0.3 is 24.1 Å². The van der Waals surface area contributed by atoms with Crippen LogP contribution in [0.1, 0.15) is 10.4 Å². The van der Waals surface area contributed by atoms with Gasteiger partial charge in [0.05, 0.1) is 34.0 Å². The Morgan fingerprint density at radius 2 is 1.48 bits per heavy atom. The van der Waals surface area contributed by atoms with E-state index < -0.39 is 5.97 Å². The van der Waals surface area contributed by atoms with Crippen molar-refractivity contribution in [3.8, 4) is 34.1 Å². The quantitative estimate of drug-likeness (QED) is 0.882. The molecule has 0 saturated carbocycles. The zero-order valence-electron chi connectivity index (χ0n) is 13.4. The van der Waals surface area contributed by atoms with Crippen molar-refractivity contribution < 1.29 is 28.8 Å². The van der Waals surface area contributed by atoms with Crippen LogP contribution in [0.25, 0.3) is 11.1 Å². The number of hydrogen-bond donors (Lipinski definition) is 1. The SMILES string of the molecule is COc1ccccc1-c1c(C(=O)O)cc(OC)c(OC)c1OC. The van der Waals surface area contributed by atoms with E-state index in [1.807, 2.05) is 0 Å². The molecule has 23 heavy (non-hydrogen) atoms. The number of aromatic carboxylic acids is 1. The van der Waals surface area contributed by atoms with Crippen molar-refractivity contribution in [1.82, 2.24) is 0 Å². The third-order valence-corrected chi connectivity index (χ3v) is 3.44. The maximum absolute atomic E-state index is 11.7. The van der Waals surface area contributed by atoms with E-state index in [1.165, 1.54) is 34.5 Å². The summed E-state index contributed by atoms with van der Waals surface area (Å²) in [6.45, 7) is 0. The molecule has 0 atom stereocenters. The standard InChI is InChI=1S/C17H18O6/c1-20-12-8-6-5-7-10(12)14-11(17(18)19)9-13(21-2)15(22-3)16(14)23-4/h5-9H,1-4H3,(H,18,19). The number of hydrogen-bond acceptors (Lipinski definition) is 5. The monoisotopic (exact) mass is 318 g/mol. The average Bonchev–Trinajstić information content (AvgIpc) is 2.59. The minimum atomic E-state index is -1.11. The minimum absolute atomic E-state index is 0.0315. The van der Waals surface area contributed by atoms with Gasteiger partial charge in [0.2, 0.25) is 5.75 Å². The Morgan fingerprint density at radius 3 is 2.00 bits per heavy atom. The van der Waals surface area contributed by atoms with Crippen LogP contribution in [0, 0.1) is 0 Å². The summed E-state index contributed by atoms with van der Waals surface area (Å²) in [5.41, 5.74) is 0.990. The van der Waals surface area contributed by atoms with Crippen LogP contribution < -0.4 is 18.9 Å². The van der Waals surface area contributed by atoms with Gasteiger partial charge in [-0.05, 0) is 12.1 Å². The number of rotatable bonds is 6. The molecule has 0 heterocycles. The Labute approximate surface area is 134 Å². The molecule has 0 aromatic heterocycles. The van der Waals surface area contributed by atoms with Crippen LogP contribution in [0.2, 0.25) is 0 Å². The number of methoxy groups -OCH3 is 4. The smallest absolute Gasteiger partial charge is 0.336 e. The molecule has 2 aromatic carbocycles. The second kappa shape index (κ2) is 6.91. The lowest BCUT2D eigenvalue weighted by Crippen LogP contribution is -2.06. The fourth-order valence-corrected chi connectivity index (χ4v) is 2.44. The van der Waals surface area contributed by atoms with Crippen LogP contribution in [0.5, 0.6) is 23.0 Å². The van der Waals surface area contributed by atoms with Crippen LogP contribution in [-0.2, 0) is 0 Å². The number of para-hydroxylation sites is 1. The average molecular weight is 318 g/mol. The van der Waals surface area contributed by atoms with Gasteiger partial charge in [-0.15, -0.1) is 0 Å². The Balaban J connectivity index is 2.92. The first-order chi connectivity index (χ1) is 11.1. The van der Waals surface area contributed by atoms with Gasteiger partial charge in [0.15, 0.2) is 11.5 Å². The Morgan fingerprint density at radius 1 is 0.870 bits per heavy atom. The molecule has 122 valence electrons. The van der Waals surface area contributed by atoms with Gasteiger partial charge in [-0.2, -0.15) is 0 Å². The molecule has 0 aliphatic heterocycles. The molecule has 0 unspecified atom stereocenters. The third-order valence-electron chi connectivity index (χ3n) is 3.44. The molecule has 1 N–H and O–H groups in total. The zero-order valence-corrected chi connectivity index (χ0v) is 13.4. The van der Waals surface area contributed by atoms with Gasteiger partial charge in [0.25, 0.3) is 0 Å². The van der Waals surface area contributed by atoms with Gasteiger partial charge in [-0.1, -0.05) is 18.2 Å². The minimum Gasteiger partial charge on any atom is -0.496 e. The van der Waals surface area contributed by atoms with E-state index in [-0.39, 0.29) is 17.1 Å². The van der Waals surface area contributed by atoms with Gasteiger partial charge in [0.1, 0.15) is 5.75 Å². The predicted octanol–water partition coefficient (Wildman–Crippen LogP) is 3.09. The number of ether oxygens (including phenoxy) is 4. The highest BCUT2D eigenvalue weighted by molar-refractivity contribution is 6.01. The highest BCUT2D eigenvalue weighted by atomic mass is 16.5. The van der Waals surface area contributed by atoms with Crippen molar-refractivity contribution in [2.75, 3.05) is 28.4 Å². The maximum Gasteiger partial charge on any atom is 0.336 e. The molecule has 0 aliphatic rings. The van der Waals surface area contributed by atoms with Crippen molar-refractivity contribution in [2.24, 2.45) is 0 Å². The van der Waals surface area contributed by atoms with Crippen LogP contribution in [0.4, 0.5) is 0 Å². The first kappa shape index (κ1) is 16.5. The fourth-order valence-electron chi connectivity index (χ4n) is 2.44. The largest absolute Gasteiger partial charge is 0.496 e. The fraction of sp³-hybridized carbons (Fsp3) is 0.235. The molecule has 6 heteroatoms. The summed E-state index contributed by atoms with van der Waals surface area (Å²) in [7, 11) is 5.87. The van der Waals surface area contributed by atoms with Gasteiger partial charge in [-0.3, -0.25) is 0 Å². The lowest BCUT2D eigenvalue weighted by Gasteiger charge is -2.19. The predicted molar refractivity (Wildman–Crippen MR) is 85.0 cm³/mol. The van der Waals surface area contributed by atoms with E-state index in [4.69, 9.17) is 18.9 Å². The Hall–Kier alpha value is -2.89. The number of carboxylic acid groups (broad SMARTS) is 1. The molecule has 0 saturated heterocycles. The van der Waals surface area contributed by atoms with Gasteiger partial charge >= 0.3 is 5.97 Å². The first-order valence-electron chi connectivity index (χ1n) is 6.78. The molecule has 2 rings (SSSR count). The summed E-state index contributed by atoms with van der Waals surface area (Å²) >= 11 is 0. The van der Waals surface area contributed by atoms with Crippen LogP contribution in [0.3, 0.4) is 0 Å². The molecule has 0 aliphatic carbocycles. The van der Waals surface area contributed by atoms with E-state index >= 15 is 0 Å². The topological polar surface area (TPSA) is 74.2 Å². The van der Waals surface area contributed by atoms with E-state index in [1.54, 1.807) is 24.3 Å². The molecule has 0 amide bonds. The van der Waals surface area contributed by atoms with E-state index in [0.29, 0.717) is 22.6 Å². The highest BCUT2D eigenvalue weighted by Gasteiger charge is 2.26. The van der Waals surface area contributed by atoms with Crippen LogP contribution in [0.15, 0.2) is 30.3 Å². The molecular weight excluding hydrogens is 300 g/mol. The Bertz CT molecular complexity index is 723. The maximum atomic E-state index is 11.7. The summed E-state index contributed by atoms with van der Waals surface area (Å²) in [5, 5.41) is 9.60. The molecule has 0 fully saturated rings. The lowest BCUT2D eigenvalue weighted by molar-refractivity contribution is 0.0697. The van der Waals surface area contributed by atoms with Crippen LogP contribution in [-0.4, -0.2) is 39.5 Å². The summed E-state index contributed by atoms with van der Waals surface area (Å²) in [4.78, 5) is 11.7. The summed E-state index contributed by atoms with van der Waals surface area (Å²) in [6, 6.07) is 8.51. The number of carboxylic acids is 1. The van der Waals surface area contributed by atoms with Crippen molar-refractivity contribution in [1.29, 1.82) is 0 Å².